The Bertz CT molecular complexity index is 478. The van der Waals surface area contributed by atoms with Gasteiger partial charge in [-0.15, -0.1) is 11.3 Å². The van der Waals surface area contributed by atoms with Crippen molar-refractivity contribution in [1.29, 1.82) is 0 Å². The SMILES string of the molecule is CS[C@H](C)C(=O)Nc1sccc1S(C)(=O)=O. The predicted molar refractivity (Wildman–Crippen MR) is 69.0 cm³/mol. The molecule has 0 aliphatic rings. The van der Waals surface area contributed by atoms with Gasteiger partial charge in [-0.2, -0.15) is 11.8 Å². The first-order valence-electron chi connectivity index (χ1n) is 4.47. The molecule has 90 valence electrons. The Morgan fingerprint density at radius 3 is 2.69 bits per heavy atom. The highest BCUT2D eigenvalue weighted by atomic mass is 32.2. The fraction of sp³-hybridized carbons (Fsp3) is 0.444. The molecule has 1 rings (SSSR count). The summed E-state index contributed by atoms with van der Waals surface area (Å²) in [6.45, 7) is 1.77. The van der Waals surface area contributed by atoms with Crippen LogP contribution in [0.1, 0.15) is 6.92 Å². The van der Waals surface area contributed by atoms with Crippen LogP contribution < -0.4 is 5.32 Å². The van der Waals surface area contributed by atoms with E-state index in [1.807, 2.05) is 6.26 Å². The molecule has 0 radical (unpaired) electrons. The van der Waals surface area contributed by atoms with Gasteiger partial charge >= 0.3 is 0 Å². The fourth-order valence-electron chi connectivity index (χ4n) is 1.00. The highest BCUT2D eigenvalue weighted by molar-refractivity contribution is 7.99. The van der Waals surface area contributed by atoms with Crippen molar-refractivity contribution >= 4 is 43.8 Å². The van der Waals surface area contributed by atoms with E-state index in [0.29, 0.717) is 5.00 Å². The van der Waals surface area contributed by atoms with Crippen molar-refractivity contribution in [2.24, 2.45) is 0 Å². The van der Waals surface area contributed by atoms with Crippen molar-refractivity contribution in [3.63, 3.8) is 0 Å². The van der Waals surface area contributed by atoms with Crippen LogP contribution in [0.25, 0.3) is 0 Å². The van der Waals surface area contributed by atoms with Crippen LogP contribution >= 0.6 is 23.1 Å². The van der Waals surface area contributed by atoms with Gasteiger partial charge in [-0.05, 0) is 24.6 Å². The van der Waals surface area contributed by atoms with E-state index in [1.54, 1.807) is 12.3 Å². The first-order valence-corrected chi connectivity index (χ1v) is 8.53. The molecule has 0 fully saturated rings. The molecule has 4 nitrogen and oxygen atoms in total. The average Bonchev–Trinajstić information content (AvgIpc) is 2.63. The van der Waals surface area contributed by atoms with Crippen LogP contribution in [0.2, 0.25) is 0 Å². The van der Waals surface area contributed by atoms with Crippen LogP contribution in [0.15, 0.2) is 16.3 Å². The van der Waals surface area contributed by atoms with Gasteiger partial charge in [0, 0.05) is 6.26 Å². The first kappa shape index (κ1) is 13.5. The second-order valence-corrected chi connectivity index (χ2v) is 7.33. The second-order valence-electron chi connectivity index (χ2n) is 3.25. The van der Waals surface area contributed by atoms with Gasteiger partial charge in [0.25, 0.3) is 0 Å². The van der Waals surface area contributed by atoms with Crippen LogP contribution in [-0.2, 0) is 14.6 Å². The molecule has 0 saturated heterocycles. The highest BCUT2D eigenvalue weighted by Crippen LogP contribution is 2.28. The largest absolute Gasteiger partial charge is 0.316 e. The molecule has 0 aliphatic carbocycles. The molecule has 1 heterocycles. The summed E-state index contributed by atoms with van der Waals surface area (Å²) in [6.07, 6.45) is 2.96. The van der Waals surface area contributed by atoms with Gasteiger partial charge in [-0.3, -0.25) is 4.79 Å². The maximum Gasteiger partial charge on any atom is 0.237 e. The molecule has 1 amide bonds. The molecule has 0 aromatic carbocycles. The number of carbonyl (C=O) groups excluding carboxylic acids is 1. The summed E-state index contributed by atoms with van der Waals surface area (Å²) >= 11 is 2.62. The lowest BCUT2D eigenvalue weighted by molar-refractivity contribution is -0.115. The number of nitrogens with one attached hydrogen (secondary N) is 1. The number of carbonyl (C=O) groups is 1. The molecular weight excluding hydrogens is 266 g/mol. The average molecular weight is 279 g/mol. The van der Waals surface area contributed by atoms with Gasteiger partial charge in [0.15, 0.2) is 9.84 Å². The minimum Gasteiger partial charge on any atom is -0.316 e. The van der Waals surface area contributed by atoms with E-state index in [2.05, 4.69) is 5.32 Å². The zero-order chi connectivity index (χ0) is 12.3. The van der Waals surface area contributed by atoms with Crippen LogP contribution in [0, 0.1) is 0 Å². The zero-order valence-electron chi connectivity index (χ0n) is 9.18. The minimum absolute atomic E-state index is 0.180. The Labute approximate surface area is 103 Å². The molecule has 7 heteroatoms. The van der Waals surface area contributed by atoms with Gasteiger partial charge in [-0.25, -0.2) is 8.42 Å². The van der Waals surface area contributed by atoms with Gasteiger partial charge in [0.1, 0.15) is 9.90 Å². The lowest BCUT2D eigenvalue weighted by Gasteiger charge is -2.09. The summed E-state index contributed by atoms with van der Waals surface area (Å²) in [4.78, 5) is 11.8. The summed E-state index contributed by atoms with van der Waals surface area (Å²) in [5.41, 5.74) is 0. The van der Waals surface area contributed by atoms with E-state index in [9.17, 15) is 13.2 Å². The molecule has 0 aliphatic heterocycles. The van der Waals surface area contributed by atoms with E-state index < -0.39 is 9.84 Å². The van der Waals surface area contributed by atoms with E-state index in [1.165, 1.54) is 29.2 Å². The van der Waals surface area contributed by atoms with Gasteiger partial charge < -0.3 is 5.32 Å². The van der Waals surface area contributed by atoms with Gasteiger partial charge in [0.2, 0.25) is 5.91 Å². The van der Waals surface area contributed by atoms with E-state index in [4.69, 9.17) is 0 Å². The van der Waals surface area contributed by atoms with Crippen molar-refractivity contribution in [1.82, 2.24) is 0 Å². The van der Waals surface area contributed by atoms with Crippen molar-refractivity contribution < 1.29 is 13.2 Å². The van der Waals surface area contributed by atoms with Crippen LogP contribution in [0.3, 0.4) is 0 Å². The van der Waals surface area contributed by atoms with Crippen LogP contribution in [0.5, 0.6) is 0 Å². The maximum absolute atomic E-state index is 11.6. The lowest BCUT2D eigenvalue weighted by atomic mass is 10.4. The summed E-state index contributed by atoms with van der Waals surface area (Å²) in [5, 5.41) is 4.47. The third-order valence-corrected chi connectivity index (χ3v) is 5.01. The number of hydrogen-bond acceptors (Lipinski definition) is 5. The van der Waals surface area contributed by atoms with Crippen molar-refractivity contribution in [2.75, 3.05) is 17.8 Å². The first-order chi connectivity index (χ1) is 7.36. The molecule has 0 bridgehead atoms. The monoisotopic (exact) mass is 279 g/mol. The number of hydrogen-bond donors (Lipinski definition) is 1. The number of rotatable bonds is 4. The Morgan fingerprint density at radius 1 is 1.56 bits per heavy atom. The summed E-state index contributed by atoms with van der Waals surface area (Å²) in [6, 6.07) is 1.50. The van der Waals surface area contributed by atoms with E-state index >= 15 is 0 Å². The standard InChI is InChI=1S/C9H13NO3S3/c1-6(14-2)8(11)10-9-7(4-5-15-9)16(3,12)13/h4-6H,1-3H3,(H,10,11)/t6-/m1/s1. The zero-order valence-corrected chi connectivity index (χ0v) is 11.6. The van der Waals surface area contributed by atoms with Crippen molar-refractivity contribution in [3.05, 3.63) is 11.4 Å². The Hall–Kier alpha value is -0.530. The molecule has 16 heavy (non-hydrogen) atoms. The van der Waals surface area contributed by atoms with E-state index in [-0.39, 0.29) is 16.1 Å². The van der Waals surface area contributed by atoms with Crippen molar-refractivity contribution in [2.45, 2.75) is 17.1 Å². The molecule has 0 saturated carbocycles. The van der Waals surface area contributed by atoms with Gasteiger partial charge in [-0.1, -0.05) is 0 Å². The number of thiophene rings is 1. The molecule has 0 spiro atoms. The maximum atomic E-state index is 11.6. The van der Waals surface area contributed by atoms with Crippen molar-refractivity contribution in [3.8, 4) is 0 Å². The molecule has 0 unspecified atom stereocenters. The highest BCUT2D eigenvalue weighted by Gasteiger charge is 2.18. The summed E-state index contributed by atoms with van der Waals surface area (Å²) in [5.74, 6) is -0.181. The Kier molecular flexibility index (Phi) is 4.40. The summed E-state index contributed by atoms with van der Waals surface area (Å²) < 4.78 is 22.8. The minimum atomic E-state index is -3.28. The topological polar surface area (TPSA) is 63.2 Å². The Balaban J connectivity index is 2.92. The molecule has 1 aromatic heterocycles. The quantitative estimate of drug-likeness (QED) is 0.913. The molecule has 1 N–H and O–H groups in total. The predicted octanol–water partition coefficient (Wildman–Crippen LogP) is 1.84. The number of sulfone groups is 1. The number of anilines is 1. The molecular formula is C9H13NO3S3. The van der Waals surface area contributed by atoms with Gasteiger partial charge in [0.05, 0.1) is 5.25 Å². The van der Waals surface area contributed by atoms with Crippen LogP contribution in [0.4, 0.5) is 5.00 Å². The third-order valence-electron chi connectivity index (χ3n) is 1.99. The normalized spacial score (nSPS) is 13.4. The molecule has 1 atom stereocenters. The number of thioether (sulfide) groups is 1. The smallest absolute Gasteiger partial charge is 0.237 e. The summed E-state index contributed by atoms with van der Waals surface area (Å²) in [7, 11) is -3.28. The lowest BCUT2D eigenvalue weighted by Crippen LogP contribution is -2.22. The molecule has 1 aromatic rings. The van der Waals surface area contributed by atoms with E-state index in [0.717, 1.165) is 6.26 Å². The second kappa shape index (κ2) is 5.20. The Morgan fingerprint density at radius 2 is 2.19 bits per heavy atom. The third kappa shape index (κ3) is 3.23. The fourth-order valence-corrected chi connectivity index (χ4v) is 3.35. The van der Waals surface area contributed by atoms with Crippen LogP contribution in [-0.4, -0.2) is 32.1 Å². The number of amides is 1.